The molecule has 149 heavy (non-hydrogen) atoms. The Morgan fingerprint density at radius 1 is 0.168 bits per heavy atom. The van der Waals surface area contributed by atoms with E-state index >= 15 is 8.78 Å². The lowest BCUT2D eigenvalue weighted by Gasteiger charge is -2.36. The zero-order valence-electron chi connectivity index (χ0n) is 81.6. The van der Waals surface area contributed by atoms with Crippen molar-refractivity contribution in [1.29, 1.82) is 0 Å². The lowest BCUT2D eigenvalue weighted by molar-refractivity contribution is 0.482. The summed E-state index contributed by atoms with van der Waals surface area (Å²) in [7, 11) is 0. The number of para-hydroxylation sites is 2. The van der Waals surface area contributed by atoms with Crippen LogP contribution in [0, 0.1) is 11.6 Å². The van der Waals surface area contributed by atoms with Gasteiger partial charge in [-0.15, -0.1) is 0 Å². The summed E-state index contributed by atoms with van der Waals surface area (Å²) in [5.74, 6) is 2.33. The summed E-state index contributed by atoms with van der Waals surface area (Å²) in [6, 6.07) is 190. The molecule has 0 bridgehead atoms. The first-order valence-corrected chi connectivity index (χ1v) is 50.4. The van der Waals surface area contributed by atoms with Crippen LogP contribution in [0.4, 0.5) is 77.0 Å². The van der Waals surface area contributed by atoms with Crippen molar-refractivity contribution in [2.24, 2.45) is 0 Å². The molecule has 2 atom stereocenters. The van der Waals surface area contributed by atoms with Crippen molar-refractivity contribution in [3.05, 3.63) is 655 Å². The van der Waals surface area contributed by atoms with E-state index in [1.54, 1.807) is 0 Å². The van der Waals surface area contributed by atoms with Crippen molar-refractivity contribution in [1.82, 2.24) is 0 Å². The van der Waals surface area contributed by atoms with E-state index in [0.717, 1.165) is 186 Å². The van der Waals surface area contributed by atoms with Crippen LogP contribution >= 0.6 is 0 Å². The Bertz CT molecular complexity index is 8280. The van der Waals surface area contributed by atoms with Gasteiger partial charge in [0.2, 0.25) is 0 Å². The van der Waals surface area contributed by atoms with Crippen LogP contribution in [0.3, 0.4) is 0 Å². The fourth-order valence-electron chi connectivity index (χ4n) is 23.2. The summed E-state index contributed by atoms with van der Waals surface area (Å²) in [4.78, 5) is 9.17. The van der Waals surface area contributed by atoms with Gasteiger partial charge in [-0.25, -0.2) is 8.78 Å². The van der Waals surface area contributed by atoms with E-state index in [4.69, 9.17) is 9.47 Å². The van der Waals surface area contributed by atoms with Crippen LogP contribution < -0.4 is 29.1 Å². The molecule has 3 aliphatic carbocycles. The maximum atomic E-state index is 15.5. The minimum absolute atomic E-state index is 0.334. The molecule has 708 valence electrons. The standard InChI is InChI=1S/C141H98F2N4O2/c1-4-96-40-54-106(55-41-96)141(105-30-16-9-17-31-105)137-94-121(146(117-72-60-109(142)61-73-117)115-68-50-101(51-69-115)99-46-64-113(65-47-99)144(111-32-18-10-19-33-111)119-76-88-129-127-36-22-24-38-133(127)139(135(129)92-119,103-26-12-7-13-27-103)107-56-84-125(85-57-107)148-123-80-42-97(5-2)43-81-123)78-90-131(137)132-91-79-122(95-138(132)141)147(118-74-62-110(143)63-75-118)116-70-52-102(53-71-116)100-48-66-114(67-49-100)145(112-34-20-11-21-35-112)120-77-89-130-128-37-23-25-39-134(128)140(136(130)93-120,104-28-14-8-15-29-104)108-58-86-126(87-59-108)149-124-82-44-98(6-3)45-83-124/h4-95H,1-3H2. The second kappa shape index (κ2) is 38.4. The molecular formula is C141H98F2N4O2. The average Bonchev–Trinajstić information content (AvgIpc) is 1.55. The SMILES string of the molecule is C=Cc1ccc(Oc2ccc(C3(c4ccccc4)c4ccccc4-c4ccc(N(c5ccccc5)c5ccc(-c6ccc(N(c7ccc(F)cc7)c7ccc8c(c7)C(c7ccccc7)(c7ccc(C=C)cc7)c7cc(N(c9ccc(F)cc9)c9ccc(-c%10ccc(N(c%11ccccc%11)c%11ccc%12c(c%11)C(c%11ccccc%11)(c%11ccc(Oc%13ccc(C=C)cc%13)cc%11)c%11ccccc%11-%12)cc%10)cc9)ccc7-8)cc6)cc5)cc43)cc2)cc1. The second-order valence-corrected chi connectivity index (χ2v) is 38.1. The highest BCUT2D eigenvalue weighted by atomic mass is 19.1. The maximum Gasteiger partial charge on any atom is 0.127 e. The topological polar surface area (TPSA) is 31.4 Å². The van der Waals surface area contributed by atoms with Crippen molar-refractivity contribution in [3.8, 4) is 78.6 Å². The summed E-state index contributed by atoms with van der Waals surface area (Å²) in [6.45, 7) is 12.1. The Balaban J connectivity index is 0.544. The Labute approximate surface area is 867 Å². The van der Waals surface area contributed by atoms with Crippen LogP contribution in [-0.4, -0.2) is 0 Å². The van der Waals surface area contributed by atoms with Crippen molar-refractivity contribution in [3.63, 3.8) is 0 Å². The van der Waals surface area contributed by atoms with Gasteiger partial charge in [0, 0.05) is 68.2 Å². The Morgan fingerprint density at radius 3 is 0.617 bits per heavy atom. The molecule has 0 aliphatic heterocycles. The van der Waals surface area contributed by atoms with E-state index in [2.05, 4.69) is 482 Å². The van der Waals surface area contributed by atoms with Crippen LogP contribution in [0.5, 0.6) is 23.0 Å². The molecule has 22 aromatic carbocycles. The summed E-state index contributed by atoms with van der Waals surface area (Å²) in [6.07, 6.45) is 5.56. The molecule has 2 unspecified atom stereocenters. The fourth-order valence-corrected chi connectivity index (χ4v) is 23.2. The molecule has 3 aliphatic rings. The molecule has 0 aromatic heterocycles. The Hall–Kier alpha value is -19.3. The van der Waals surface area contributed by atoms with Crippen molar-refractivity contribution < 1.29 is 18.3 Å². The Morgan fingerprint density at radius 2 is 0.356 bits per heavy atom. The van der Waals surface area contributed by atoms with Gasteiger partial charge in [0.25, 0.3) is 0 Å². The van der Waals surface area contributed by atoms with Gasteiger partial charge >= 0.3 is 0 Å². The molecule has 0 heterocycles. The van der Waals surface area contributed by atoms with Crippen LogP contribution in [-0.2, 0) is 16.2 Å². The molecule has 22 aromatic rings. The first kappa shape index (κ1) is 91.0. The van der Waals surface area contributed by atoms with Crippen molar-refractivity contribution in [2.75, 3.05) is 19.6 Å². The number of halogens is 2. The second-order valence-electron chi connectivity index (χ2n) is 38.1. The highest BCUT2D eigenvalue weighted by Gasteiger charge is 2.51. The molecular weight excluding hydrogens is 1820 g/mol. The zero-order valence-corrected chi connectivity index (χ0v) is 81.6. The minimum Gasteiger partial charge on any atom is -0.457 e. The normalized spacial score (nSPS) is 14.7. The van der Waals surface area contributed by atoms with Crippen molar-refractivity contribution >= 4 is 86.5 Å². The van der Waals surface area contributed by atoms with Crippen LogP contribution in [0.15, 0.2) is 560 Å². The lowest BCUT2D eigenvalue weighted by Crippen LogP contribution is -2.29. The predicted molar refractivity (Wildman–Crippen MR) is 611 cm³/mol. The van der Waals surface area contributed by atoms with Crippen LogP contribution in [0.2, 0.25) is 0 Å². The predicted octanol–water partition coefficient (Wildman–Crippen LogP) is 37.8. The largest absolute Gasteiger partial charge is 0.457 e. The van der Waals surface area contributed by atoms with Gasteiger partial charge in [0.1, 0.15) is 34.6 Å². The lowest BCUT2D eigenvalue weighted by atomic mass is 9.67. The van der Waals surface area contributed by atoms with Crippen LogP contribution in [0.1, 0.15) is 83.5 Å². The summed E-state index contributed by atoms with van der Waals surface area (Å²) in [5, 5.41) is 0. The number of fused-ring (bicyclic) bond motifs is 9. The van der Waals surface area contributed by atoms with E-state index < -0.39 is 16.2 Å². The smallest absolute Gasteiger partial charge is 0.127 e. The highest BCUT2D eigenvalue weighted by Crippen LogP contribution is 2.63. The summed E-state index contributed by atoms with van der Waals surface area (Å²) < 4.78 is 44.0. The Kier molecular flexibility index (Phi) is 23.5. The number of ether oxygens (including phenoxy) is 2. The molecule has 0 spiro atoms. The number of rotatable bonds is 27. The van der Waals surface area contributed by atoms with E-state index in [1.165, 1.54) is 68.8 Å². The zero-order chi connectivity index (χ0) is 100. The number of benzene rings is 22. The quantitative estimate of drug-likeness (QED) is 0.0510. The number of anilines is 12. The molecule has 6 nitrogen and oxygen atoms in total. The van der Waals surface area contributed by atoms with E-state index in [9.17, 15) is 0 Å². The first-order valence-electron chi connectivity index (χ1n) is 50.4. The molecule has 0 saturated carbocycles. The third-order valence-corrected chi connectivity index (χ3v) is 30.0. The number of hydrogen-bond donors (Lipinski definition) is 0. The first-order chi connectivity index (χ1) is 73.5. The van der Waals surface area contributed by atoms with E-state index in [0.29, 0.717) is 0 Å². The fraction of sp³-hybridized carbons (Fsp3) is 0.0213. The van der Waals surface area contributed by atoms with Crippen LogP contribution in [0.25, 0.3) is 73.9 Å². The van der Waals surface area contributed by atoms with Gasteiger partial charge in [-0.05, 0) is 357 Å². The third kappa shape index (κ3) is 16.1. The number of hydrogen-bond acceptors (Lipinski definition) is 6. The van der Waals surface area contributed by atoms with Gasteiger partial charge in [0.15, 0.2) is 0 Å². The van der Waals surface area contributed by atoms with Gasteiger partial charge in [-0.1, -0.05) is 359 Å². The van der Waals surface area contributed by atoms with Crippen molar-refractivity contribution in [2.45, 2.75) is 16.2 Å². The monoisotopic (exact) mass is 1920 g/mol. The van der Waals surface area contributed by atoms with Gasteiger partial charge in [-0.2, -0.15) is 0 Å². The highest BCUT2D eigenvalue weighted by molar-refractivity contribution is 5.96. The maximum absolute atomic E-state index is 15.5. The number of nitrogens with zero attached hydrogens (tertiary/aromatic N) is 4. The summed E-state index contributed by atoms with van der Waals surface area (Å²) in [5.41, 5.74) is 36.4. The molecule has 0 radical (unpaired) electrons. The van der Waals surface area contributed by atoms with E-state index in [1.807, 2.05) is 91.0 Å². The minimum atomic E-state index is -0.940. The van der Waals surface area contributed by atoms with Gasteiger partial charge < -0.3 is 29.1 Å². The third-order valence-electron chi connectivity index (χ3n) is 30.0. The molecule has 0 fully saturated rings. The molecule has 25 rings (SSSR count). The molecule has 8 heteroatoms. The van der Waals surface area contributed by atoms with Gasteiger partial charge in [-0.3, -0.25) is 0 Å². The molecule has 0 amide bonds. The average molecular weight is 1920 g/mol. The van der Waals surface area contributed by atoms with Gasteiger partial charge in [0.05, 0.1) is 16.2 Å². The molecule has 0 saturated heterocycles. The molecule has 0 N–H and O–H groups in total. The summed E-state index contributed by atoms with van der Waals surface area (Å²) >= 11 is 0. The van der Waals surface area contributed by atoms with E-state index in [-0.39, 0.29) is 11.6 Å².